The van der Waals surface area contributed by atoms with Crippen LogP contribution in [0.15, 0.2) is 61.2 Å². The summed E-state index contributed by atoms with van der Waals surface area (Å²) in [7, 11) is 0. The van der Waals surface area contributed by atoms with Crippen LogP contribution in [0.4, 0.5) is 4.79 Å². The SMILES string of the molecule is C=CC[C@@H]1C[C@@H](CNC(=O)Cc2ccc3c(c2)CC(CNC(=O)OC(C)(C)C)C3)N(CCCc2ccccc2)C1=O. The number of amides is 3. The summed E-state index contributed by atoms with van der Waals surface area (Å²) in [5.74, 6) is 0.403. The molecule has 4 rings (SSSR count). The fourth-order valence-corrected chi connectivity index (χ4v) is 5.99. The van der Waals surface area contributed by atoms with Gasteiger partial charge in [-0.15, -0.1) is 6.58 Å². The van der Waals surface area contributed by atoms with E-state index in [-0.39, 0.29) is 29.9 Å². The molecule has 7 heteroatoms. The van der Waals surface area contributed by atoms with Gasteiger partial charge in [-0.25, -0.2) is 4.79 Å². The topological polar surface area (TPSA) is 87.7 Å². The Kier molecular flexibility index (Phi) is 10.2. The number of nitrogens with zero attached hydrogens (tertiary/aromatic N) is 1. The lowest BCUT2D eigenvalue weighted by Gasteiger charge is -2.25. The first-order chi connectivity index (χ1) is 19.6. The van der Waals surface area contributed by atoms with Gasteiger partial charge in [-0.05, 0) is 87.5 Å². The molecule has 1 aliphatic carbocycles. The molecule has 2 aromatic rings. The number of hydrogen-bond donors (Lipinski definition) is 2. The van der Waals surface area contributed by atoms with Gasteiger partial charge in [-0.3, -0.25) is 9.59 Å². The molecule has 2 N–H and O–H groups in total. The van der Waals surface area contributed by atoms with Crippen LogP contribution in [0.1, 0.15) is 62.3 Å². The molecular weight excluding hydrogens is 514 g/mol. The second-order valence-electron chi connectivity index (χ2n) is 12.5. The Labute approximate surface area is 244 Å². The molecule has 1 saturated heterocycles. The van der Waals surface area contributed by atoms with Crippen LogP contribution >= 0.6 is 0 Å². The van der Waals surface area contributed by atoms with E-state index in [4.69, 9.17) is 4.74 Å². The first-order valence-corrected chi connectivity index (χ1v) is 14.9. The smallest absolute Gasteiger partial charge is 0.407 e. The van der Waals surface area contributed by atoms with Crippen LogP contribution in [-0.2, 0) is 40.0 Å². The highest BCUT2D eigenvalue weighted by molar-refractivity contribution is 5.82. The van der Waals surface area contributed by atoms with E-state index in [1.807, 2.05) is 56.0 Å². The van der Waals surface area contributed by atoms with Crippen molar-refractivity contribution in [1.29, 1.82) is 0 Å². The number of nitrogens with one attached hydrogen (secondary N) is 2. The first-order valence-electron chi connectivity index (χ1n) is 14.9. The number of carbonyl (C=O) groups excluding carboxylic acids is 3. The number of ether oxygens (including phenoxy) is 1. The predicted octanol–water partition coefficient (Wildman–Crippen LogP) is 5.01. The molecule has 2 aliphatic rings. The number of fused-ring (bicyclic) bond motifs is 1. The van der Waals surface area contributed by atoms with Crippen molar-refractivity contribution < 1.29 is 19.1 Å². The average molecular weight is 560 g/mol. The Morgan fingerprint density at radius 3 is 2.51 bits per heavy atom. The highest BCUT2D eigenvalue weighted by atomic mass is 16.6. The van der Waals surface area contributed by atoms with E-state index in [0.717, 1.165) is 37.7 Å². The quantitative estimate of drug-likeness (QED) is 0.358. The average Bonchev–Trinajstić information content (AvgIpc) is 3.46. The zero-order valence-electron chi connectivity index (χ0n) is 24.8. The molecule has 1 fully saturated rings. The van der Waals surface area contributed by atoms with Crippen molar-refractivity contribution in [3.05, 3.63) is 83.4 Å². The molecule has 1 unspecified atom stereocenters. The number of benzene rings is 2. The largest absolute Gasteiger partial charge is 0.444 e. The van der Waals surface area contributed by atoms with E-state index >= 15 is 0 Å². The maximum atomic E-state index is 13.1. The first kappa shape index (κ1) is 30.4. The number of carbonyl (C=O) groups is 3. The monoisotopic (exact) mass is 559 g/mol. The number of aryl methyl sites for hydroxylation is 1. The van der Waals surface area contributed by atoms with Crippen LogP contribution in [-0.4, -0.2) is 54.1 Å². The van der Waals surface area contributed by atoms with Crippen LogP contribution in [0, 0.1) is 11.8 Å². The number of likely N-dealkylation sites (tertiary alicyclic amines) is 1. The third kappa shape index (κ3) is 8.94. The Hall–Kier alpha value is -3.61. The molecule has 7 nitrogen and oxygen atoms in total. The molecule has 2 aromatic carbocycles. The summed E-state index contributed by atoms with van der Waals surface area (Å²) in [5, 5.41) is 5.99. The second kappa shape index (κ2) is 13.8. The minimum atomic E-state index is -0.514. The summed E-state index contributed by atoms with van der Waals surface area (Å²) in [4.78, 5) is 40.0. The lowest BCUT2D eigenvalue weighted by atomic mass is 10.0. The van der Waals surface area contributed by atoms with Crippen molar-refractivity contribution in [2.75, 3.05) is 19.6 Å². The van der Waals surface area contributed by atoms with Crippen molar-refractivity contribution in [2.24, 2.45) is 11.8 Å². The third-order valence-corrected chi connectivity index (χ3v) is 7.91. The normalized spacial score (nSPS) is 20.0. The fourth-order valence-electron chi connectivity index (χ4n) is 5.99. The molecule has 0 spiro atoms. The van der Waals surface area contributed by atoms with Gasteiger partial charge in [0.1, 0.15) is 5.60 Å². The Morgan fingerprint density at radius 2 is 1.78 bits per heavy atom. The minimum absolute atomic E-state index is 0.00502. The molecule has 220 valence electrons. The zero-order chi connectivity index (χ0) is 29.4. The second-order valence-corrected chi connectivity index (χ2v) is 12.5. The summed E-state index contributed by atoms with van der Waals surface area (Å²) < 4.78 is 5.34. The van der Waals surface area contributed by atoms with Gasteiger partial charge in [-0.1, -0.05) is 54.6 Å². The van der Waals surface area contributed by atoms with Crippen molar-refractivity contribution in [3.8, 4) is 0 Å². The van der Waals surface area contributed by atoms with Gasteiger partial charge < -0.3 is 20.3 Å². The van der Waals surface area contributed by atoms with Crippen LogP contribution in [0.2, 0.25) is 0 Å². The van der Waals surface area contributed by atoms with Gasteiger partial charge >= 0.3 is 6.09 Å². The van der Waals surface area contributed by atoms with E-state index < -0.39 is 5.60 Å². The van der Waals surface area contributed by atoms with Gasteiger partial charge in [-0.2, -0.15) is 0 Å². The zero-order valence-corrected chi connectivity index (χ0v) is 24.8. The molecule has 1 aliphatic heterocycles. The molecule has 1 heterocycles. The summed E-state index contributed by atoms with van der Waals surface area (Å²) in [6, 6.07) is 16.6. The highest BCUT2D eigenvalue weighted by Gasteiger charge is 2.38. The number of hydrogen-bond acceptors (Lipinski definition) is 4. The number of allylic oxidation sites excluding steroid dienone is 1. The van der Waals surface area contributed by atoms with Gasteiger partial charge in [0.2, 0.25) is 11.8 Å². The summed E-state index contributed by atoms with van der Waals surface area (Å²) in [6.07, 6.45) is 6.73. The summed E-state index contributed by atoms with van der Waals surface area (Å²) in [5.41, 5.74) is 4.25. The van der Waals surface area contributed by atoms with Crippen molar-refractivity contribution in [3.63, 3.8) is 0 Å². The van der Waals surface area contributed by atoms with Crippen molar-refractivity contribution in [1.82, 2.24) is 15.5 Å². The molecule has 3 atom stereocenters. The Bertz CT molecular complexity index is 1220. The molecule has 3 amide bonds. The van der Waals surface area contributed by atoms with Crippen LogP contribution in [0.25, 0.3) is 0 Å². The van der Waals surface area contributed by atoms with Gasteiger partial charge in [0.05, 0.1) is 6.42 Å². The molecule has 0 radical (unpaired) electrons. The predicted molar refractivity (Wildman–Crippen MR) is 161 cm³/mol. The van der Waals surface area contributed by atoms with Crippen LogP contribution in [0.5, 0.6) is 0 Å². The van der Waals surface area contributed by atoms with E-state index in [1.54, 1.807) is 0 Å². The lowest BCUT2D eigenvalue weighted by Crippen LogP contribution is -2.42. The number of alkyl carbamates (subject to hydrolysis) is 1. The number of rotatable bonds is 12. The van der Waals surface area contributed by atoms with E-state index in [9.17, 15) is 14.4 Å². The third-order valence-electron chi connectivity index (χ3n) is 7.91. The van der Waals surface area contributed by atoms with Crippen molar-refractivity contribution in [2.45, 2.75) is 77.4 Å². The van der Waals surface area contributed by atoms with Gasteiger partial charge in [0, 0.05) is 31.6 Å². The molecule has 0 aromatic heterocycles. The van der Waals surface area contributed by atoms with Crippen molar-refractivity contribution >= 4 is 17.9 Å². The summed E-state index contributed by atoms with van der Waals surface area (Å²) in [6.45, 7) is 11.1. The summed E-state index contributed by atoms with van der Waals surface area (Å²) >= 11 is 0. The Morgan fingerprint density at radius 1 is 1.02 bits per heavy atom. The van der Waals surface area contributed by atoms with Gasteiger partial charge in [0.25, 0.3) is 0 Å². The Balaban J connectivity index is 1.25. The van der Waals surface area contributed by atoms with E-state index in [1.165, 1.54) is 16.7 Å². The molecule has 0 bridgehead atoms. The van der Waals surface area contributed by atoms with Crippen LogP contribution < -0.4 is 10.6 Å². The van der Waals surface area contributed by atoms with Crippen LogP contribution in [0.3, 0.4) is 0 Å². The highest BCUT2D eigenvalue weighted by Crippen LogP contribution is 2.29. The standard InChI is InChI=1S/C34H45N3O4/c1-5-10-28-21-30(37(32(28)39)16-9-13-24-11-7-6-8-12-24)23-35-31(38)20-25-14-15-27-18-26(19-29(27)17-25)22-36-33(40)41-34(2,3)4/h5-8,11-12,14-15,17,26,28,30H,1,9-10,13,16,18-23H2,2-4H3,(H,35,38)(H,36,40)/t26?,28-,30+/m1/s1. The molecular formula is C34H45N3O4. The molecule has 0 saturated carbocycles. The van der Waals surface area contributed by atoms with E-state index in [0.29, 0.717) is 38.4 Å². The van der Waals surface area contributed by atoms with Gasteiger partial charge in [0.15, 0.2) is 0 Å². The van der Waals surface area contributed by atoms with E-state index in [2.05, 4.69) is 41.5 Å². The maximum absolute atomic E-state index is 13.1. The molecule has 41 heavy (non-hydrogen) atoms. The maximum Gasteiger partial charge on any atom is 0.407 e. The minimum Gasteiger partial charge on any atom is -0.444 e. The fraction of sp³-hybridized carbons (Fsp3) is 0.500. The lowest BCUT2D eigenvalue weighted by molar-refractivity contribution is -0.132.